The van der Waals surface area contributed by atoms with Crippen molar-refractivity contribution in [2.24, 2.45) is 0 Å². The molecule has 3 nitrogen and oxygen atoms in total. The lowest BCUT2D eigenvalue weighted by molar-refractivity contribution is -0.139. The van der Waals surface area contributed by atoms with Crippen LogP contribution in [0.2, 0.25) is 0 Å². The Hall–Kier alpha value is -1.35. The molecular weight excluding hydrogens is 240 g/mol. The van der Waals surface area contributed by atoms with Crippen LogP contribution in [0.15, 0.2) is 12.1 Å². The number of hydrogen-bond acceptors (Lipinski definition) is 3. The van der Waals surface area contributed by atoms with E-state index in [1.165, 1.54) is 7.11 Å². The van der Waals surface area contributed by atoms with Crippen LogP contribution in [0.1, 0.15) is 27.0 Å². The number of carbonyl (C=O) groups is 2. The summed E-state index contributed by atoms with van der Waals surface area (Å²) < 4.78 is 4.46. The van der Waals surface area contributed by atoms with Crippen LogP contribution in [0.5, 0.6) is 0 Å². The second-order valence-corrected chi connectivity index (χ2v) is 4.44. The summed E-state index contributed by atoms with van der Waals surface area (Å²) in [7, 11) is 1.21. The summed E-state index contributed by atoms with van der Waals surface area (Å²) in [5.41, 5.74) is 3.38. The van der Waals surface area contributed by atoms with Crippen molar-refractivity contribution in [3.05, 3.63) is 34.4 Å². The van der Waals surface area contributed by atoms with Gasteiger partial charge in [-0.2, -0.15) is 0 Å². The van der Waals surface area contributed by atoms with Crippen molar-refractivity contribution in [1.29, 1.82) is 0 Å². The maximum Gasteiger partial charge on any atom is 0.331 e. The van der Waals surface area contributed by atoms with Gasteiger partial charge in [-0.25, -0.2) is 4.79 Å². The molecule has 0 aliphatic heterocycles. The molecule has 0 aromatic heterocycles. The van der Waals surface area contributed by atoms with E-state index in [1.54, 1.807) is 6.07 Å². The number of esters is 1. The third-order valence-corrected chi connectivity index (χ3v) is 3.12. The van der Waals surface area contributed by atoms with Gasteiger partial charge in [0.05, 0.1) is 7.11 Å². The second kappa shape index (κ2) is 5.32. The van der Waals surface area contributed by atoms with Crippen LogP contribution >= 0.6 is 11.6 Å². The standard InChI is InChI=1S/C13H15ClO3/c1-7-5-9(3)10(6-8(7)2)12(15)11(14)13(16)17-4/h5-6,11H,1-4H3. The Kier molecular flexibility index (Phi) is 4.29. The molecule has 0 aliphatic carbocycles. The zero-order valence-corrected chi connectivity index (χ0v) is 11.1. The van der Waals surface area contributed by atoms with E-state index in [0.717, 1.165) is 16.7 Å². The van der Waals surface area contributed by atoms with Gasteiger partial charge in [-0.1, -0.05) is 6.07 Å². The van der Waals surface area contributed by atoms with Crippen LogP contribution < -0.4 is 0 Å². The zero-order valence-electron chi connectivity index (χ0n) is 10.3. The molecular formula is C13H15ClO3. The molecule has 0 amide bonds. The Bertz CT molecular complexity index is 466. The first-order valence-corrected chi connectivity index (χ1v) is 5.66. The quantitative estimate of drug-likeness (QED) is 0.360. The number of alkyl halides is 1. The van der Waals surface area contributed by atoms with Crippen molar-refractivity contribution in [1.82, 2.24) is 0 Å². The van der Waals surface area contributed by atoms with Crippen molar-refractivity contribution >= 4 is 23.4 Å². The lowest BCUT2D eigenvalue weighted by Gasteiger charge is -2.11. The zero-order chi connectivity index (χ0) is 13.2. The van der Waals surface area contributed by atoms with Gasteiger partial charge >= 0.3 is 5.97 Å². The molecule has 0 spiro atoms. The fraction of sp³-hybridized carbons (Fsp3) is 0.385. The molecule has 0 fully saturated rings. The number of ketones is 1. The van der Waals surface area contributed by atoms with E-state index in [9.17, 15) is 9.59 Å². The van der Waals surface area contributed by atoms with Gasteiger partial charge in [-0.05, 0) is 43.5 Å². The Morgan fingerprint density at radius 1 is 1.12 bits per heavy atom. The van der Waals surface area contributed by atoms with Crippen LogP contribution in [-0.4, -0.2) is 24.2 Å². The summed E-state index contributed by atoms with van der Waals surface area (Å²) in [5.74, 6) is -1.14. The molecule has 4 heteroatoms. The molecule has 0 radical (unpaired) electrons. The Morgan fingerprint density at radius 3 is 2.18 bits per heavy atom. The Labute approximate surface area is 106 Å². The summed E-state index contributed by atoms with van der Waals surface area (Å²) in [6.45, 7) is 5.70. The lowest BCUT2D eigenvalue weighted by Crippen LogP contribution is -2.26. The number of carbonyl (C=O) groups excluding carboxylic acids is 2. The highest BCUT2D eigenvalue weighted by Crippen LogP contribution is 2.19. The lowest BCUT2D eigenvalue weighted by atomic mass is 9.97. The van der Waals surface area contributed by atoms with Crippen LogP contribution in [0.4, 0.5) is 0 Å². The first kappa shape index (κ1) is 13.7. The van der Waals surface area contributed by atoms with Crippen LogP contribution in [0, 0.1) is 20.8 Å². The average Bonchev–Trinajstić information content (AvgIpc) is 2.31. The highest BCUT2D eigenvalue weighted by Gasteiger charge is 2.27. The van der Waals surface area contributed by atoms with E-state index < -0.39 is 17.1 Å². The van der Waals surface area contributed by atoms with Gasteiger partial charge in [0.25, 0.3) is 0 Å². The summed E-state index contributed by atoms with van der Waals surface area (Å²) in [6.07, 6.45) is 0. The number of aryl methyl sites for hydroxylation is 3. The number of methoxy groups -OCH3 is 1. The smallest absolute Gasteiger partial charge is 0.331 e. The third-order valence-electron chi connectivity index (χ3n) is 2.74. The summed E-state index contributed by atoms with van der Waals surface area (Å²) in [4.78, 5) is 23.2. The van der Waals surface area contributed by atoms with Gasteiger partial charge in [0.1, 0.15) is 0 Å². The molecule has 1 rings (SSSR count). The number of ether oxygens (including phenoxy) is 1. The Morgan fingerprint density at radius 2 is 1.65 bits per heavy atom. The molecule has 0 saturated heterocycles. The maximum absolute atomic E-state index is 12.0. The summed E-state index contributed by atoms with van der Waals surface area (Å²) in [5, 5.41) is -1.28. The Balaban J connectivity index is 3.13. The highest BCUT2D eigenvalue weighted by atomic mass is 35.5. The van der Waals surface area contributed by atoms with E-state index in [0.29, 0.717) is 5.56 Å². The van der Waals surface area contributed by atoms with Crippen LogP contribution in [0.3, 0.4) is 0 Å². The summed E-state index contributed by atoms with van der Waals surface area (Å²) in [6, 6.07) is 3.66. The minimum atomic E-state index is -1.28. The van der Waals surface area contributed by atoms with Crippen LogP contribution in [-0.2, 0) is 9.53 Å². The molecule has 1 aromatic carbocycles. The van der Waals surface area contributed by atoms with Gasteiger partial charge in [0, 0.05) is 5.56 Å². The molecule has 92 valence electrons. The van der Waals surface area contributed by atoms with Crippen molar-refractivity contribution in [2.45, 2.75) is 26.1 Å². The maximum atomic E-state index is 12.0. The van der Waals surface area contributed by atoms with Crippen molar-refractivity contribution < 1.29 is 14.3 Å². The van der Waals surface area contributed by atoms with Crippen molar-refractivity contribution in [2.75, 3.05) is 7.11 Å². The summed E-state index contributed by atoms with van der Waals surface area (Å²) >= 11 is 5.76. The molecule has 1 aromatic rings. The normalized spacial score (nSPS) is 12.1. The predicted octanol–water partition coefficient (Wildman–Crippen LogP) is 2.57. The van der Waals surface area contributed by atoms with Gasteiger partial charge < -0.3 is 4.74 Å². The second-order valence-electron chi connectivity index (χ2n) is 4.00. The fourth-order valence-electron chi connectivity index (χ4n) is 1.57. The first-order chi connectivity index (χ1) is 7.88. The molecule has 0 N–H and O–H groups in total. The average molecular weight is 255 g/mol. The molecule has 1 unspecified atom stereocenters. The number of halogens is 1. The van der Waals surface area contributed by atoms with E-state index in [-0.39, 0.29) is 0 Å². The molecule has 0 bridgehead atoms. The van der Waals surface area contributed by atoms with Crippen molar-refractivity contribution in [3.8, 4) is 0 Å². The minimum Gasteiger partial charge on any atom is -0.468 e. The highest BCUT2D eigenvalue weighted by molar-refractivity contribution is 6.43. The molecule has 0 aliphatic rings. The monoisotopic (exact) mass is 254 g/mol. The number of benzene rings is 1. The third kappa shape index (κ3) is 2.86. The first-order valence-electron chi connectivity index (χ1n) is 5.22. The fourth-order valence-corrected chi connectivity index (χ4v) is 1.78. The number of hydrogen-bond donors (Lipinski definition) is 0. The molecule has 0 saturated carbocycles. The van der Waals surface area contributed by atoms with Gasteiger partial charge in [0.15, 0.2) is 11.2 Å². The van der Waals surface area contributed by atoms with E-state index in [4.69, 9.17) is 11.6 Å². The van der Waals surface area contributed by atoms with Gasteiger partial charge in [0.2, 0.25) is 0 Å². The van der Waals surface area contributed by atoms with E-state index in [2.05, 4.69) is 4.74 Å². The molecule has 1 atom stereocenters. The van der Waals surface area contributed by atoms with Gasteiger partial charge in [-0.3, -0.25) is 4.79 Å². The molecule has 0 heterocycles. The predicted molar refractivity (Wildman–Crippen MR) is 66.6 cm³/mol. The van der Waals surface area contributed by atoms with Crippen molar-refractivity contribution in [3.63, 3.8) is 0 Å². The van der Waals surface area contributed by atoms with Crippen LogP contribution in [0.25, 0.3) is 0 Å². The molecule has 17 heavy (non-hydrogen) atoms. The van der Waals surface area contributed by atoms with E-state index in [1.807, 2.05) is 26.8 Å². The minimum absolute atomic E-state index is 0.417. The van der Waals surface area contributed by atoms with Gasteiger partial charge in [-0.15, -0.1) is 11.6 Å². The number of Topliss-reactive ketones (excluding diaryl/α,β-unsaturated/α-hetero) is 1. The largest absolute Gasteiger partial charge is 0.468 e. The topological polar surface area (TPSA) is 43.4 Å². The number of rotatable bonds is 3. The SMILES string of the molecule is COC(=O)C(Cl)C(=O)c1cc(C)c(C)cc1C. The van der Waals surface area contributed by atoms with E-state index >= 15 is 0 Å².